The number of sulfonamides is 1. The van der Waals surface area contributed by atoms with Crippen LogP contribution in [0.3, 0.4) is 0 Å². The van der Waals surface area contributed by atoms with Crippen molar-refractivity contribution in [2.24, 2.45) is 0 Å². The van der Waals surface area contributed by atoms with Crippen LogP contribution < -0.4 is 14.8 Å². The van der Waals surface area contributed by atoms with Crippen LogP contribution in [-0.4, -0.2) is 20.4 Å². The Morgan fingerprint density at radius 1 is 0.867 bits per heavy atom. The number of nitrogens with one attached hydrogen (secondary N) is 2. The molecule has 0 spiro atoms. The zero-order valence-electron chi connectivity index (χ0n) is 17.0. The summed E-state index contributed by atoms with van der Waals surface area (Å²) < 4.78 is 33.2. The number of hydrogen-bond acceptors (Lipinski definition) is 4. The Morgan fingerprint density at radius 3 is 2.17 bits per heavy atom. The second-order valence-electron chi connectivity index (χ2n) is 6.99. The Labute approximate surface area is 177 Å². The van der Waals surface area contributed by atoms with Gasteiger partial charge in [0.15, 0.2) is 6.10 Å². The van der Waals surface area contributed by atoms with Gasteiger partial charge in [-0.1, -0.05) is 24.3 Å². The summed E-state index contributed by atoms with van der Waals surface area (Å²) in [6.45, 7) is 5.65. The topological polar surface area (TPSA) is 84.5 Å². The molecule has 0 unspecified atom stereocenters. The Morgan fingerprint density at radius 2 is 1.53 bits per heavy atom. The van der Waals surface area contributed by atoms with Gasteiger partial charge in [-0.2, -0.15) is 0 Å². The van der Waals surface area contributed by atoms with Crippen molar-refractivity contribution in [1.82, 2.24) is 0 Å². The van der Waals surface area contributed by atoms with Gasteiger partial charge < -0.3 is 10.1 Å². The Hall–Kier alpha value is -3.32. The van der Waals surface area contributed by atoms with Crippen LogP contribution in [0.5, 0.6) is 5.75 Å². The van der Waals surface area contributed by atoms with Crippen molar-refractivity contribution in [3.05, 3.63) is 83.9 Å². The van der Waals surface area contributed by atoms with E-state index in [1.54, 1.807) is 49.4 Å². The number of anilines is 2. The highest BCUT2D eigenvalue weighted by atomic mass is 32.2. The number of ether oxygens (including phenoxy) is 1. The summed E-state index contributed by atoms with van der Waals surface area (Å²) in [5.41, 5.74) is 3.19. The maximum atomic E-state index is 12.5. The van der Waals surface area contributed by atoms with E-state index < -0.39 is 16.1 Å². The van der Waals surface area contributed by atoms with Gasteiger partial charge >= 0.3 is 0 Å². The van der Waals surface area contributed by atoms with Crippen molar-refractivity contribution < 1.29 is 17.9 Å². The van der Waals surface area contributed by atoms with Gasteiger partial charge in [0.1, 0.15) is 5.75 Å². The first-order valence-corrected chi connectivity index (χ1v) is 11.0. The molecule has 0 aromatic heterocycles. The molecule has 0 fully saturated rings. The van der Waals surface area contributed by atoms with E-state index in [2.05, 4.69) is 10.0 Å². The predicted molar refractivity (Wildman–Crippen MR) is 118 cm³/mol. The molecule has 0 aliphatic rings. The minimum absolute atomic E-state index is 0.101. The average Bonchev–Trinajstić information content (AvgIpc) is 2.71. The van der Waals surface area contributed by atoms with Gasteiger partial charge in [0, 0.05) is 11.4 Å². The fourth-order valence-corrected chi connectivity index (χ4v) is 3.79. The van der Waals surface area contributed by atoms with Gasteiger partial charge in [-0.25, -0.2) is 8.42 Å². The van der Waals surface area contributed by atoms with Crippen molar-refractivity contribution in [3.8, 4) is 5.75 Å². The van der Waals surface area contributed by atoms with Crippen molar-refractivity contribution in [3.63, 3.8) is 0 Å². The molecule has 30 heavy (non-hydrogen) atoms. The first-order chi connectivity index (χ1) is 14.2. The molecule has 0 heterocycles. The van der Waals surface area contributed by atoms with E-state index in [0.29, 0.717) is 17.1 Å². The standard InChI is InChI=1S/C23H24N2O4S/c1-16-9-12-21(15-17(16)2)29-18(3)23(26)24-19-10-13-22(14-11-19)30(27,28)25-20-7-5-4-6-8-20/h4-15,18,25H,1-3H3,(H,24,26)/t18-/m0/s1. The molecule has 3 aromatic rings. The van der Waals surface area contributed by atoms with E-state index >= 15 is 0 Å². The summed E-state index contributed by atoms with van der Waals surface area (Å²) in [4.78, 5) is 12.5. The molecule has 7 heteroatoms. The first-order valence-electron chi connectivity index (χ1n) is 9.47. The number of benzene rings is 3. The lowest BCUT2D eigenvalue weighted by molar-refractivity contribution is -0.122. The minimum Gasteiger partial charge on any atom is -0.481 e. The molecular weight excluding hydrogens is 400 g/mol. The fraction of sp³-hybridized carbons (Fsp3) is 0.174. The van der Waals surface area contributed by atoms with Crippen molar-refractivity contribution in [2.75, 3.05) is 10.0 Å². The number of amides is 1. The fourth-order valence-electron chi connectivity index (χ4n) is 2.73. The molecule has 0 aliphatic carbocycles. The molecular formula is C23H24N2O4S. The number of carbonyl (C=O) groups is 1. The van der Waals surface area contributed by atoms with Crippen molar-refractivity contribution >= 4 is 27.3 Å². The summed E-state index contributed by atoms with van der Waals surface area (Å²) in [5.74, 6) is 0.292. The van der Waals surface area contributed by atoms with Crippen LogP contribution in [-0.2, 0) is 14.8 Å². The third-order valence-corrected chi connectivity index (χ3v) is 6.02. The molecule has 0 radical (unpaired) electrons. The van der Waals surface area contributed by atoms with E-state index in [1.807, 2.05) is 32.0 Å². The molecule has 0 saturated carbocycles. The molecule has 3 rings (SSSR count). The van der Waals surface area contributed by atoms with Gasteiger partial charge in [-0.05, 0) is 80.4 Å². The Bertz CT molecular complexity index is 1130. The molecule has 1 atom stereocenters. The zero-order valence-corrected chi connectivity index (χ0v) is 17.9. The number of rotatable bonds is 7. The van der Waals surface area contributed by atoms with Crippen LogP contribution in [0, 0.1) is 13.8 Å². The maximum Gasteiger partial charge on any atom is 0.265 e. The average molecular weight is 425 g/mol. The van der Waals surface area contributed by atoms with Crippen LogP contribution in [0.1, 0.15) is 18.1 Å². The van der Waals surface area contributed by atoms with Crippen molar-refractivity contribution in [1.29, 1.82) is 0 Å². The highest BCUT2D eigenvalue weighted by Gasteiger charge is 2.17. The van der Waals surface area contributed by atoms with Gasteiger partial charge in [0.2, 0.25) is 0 Å². The minimum atomic E-state index is -3.71. The maximum absolute atomic E-state index is 12.5. The van der Waals surface area contributed by atoms with Gasteiger partial charge in [-0.15, -0.1) is 0 Å². The molecule has 0 saturated heterocycles. The zero-order chi connectivity index (χ0) is 21.7. The molecule has 6 nitrogen and oxygen atoms in total. The summed E-state index contributed by atoms with van der Waals surface area (Å²) in [6.07, 6.45) is -0.713. The van der Waals surface area contributed by atoms with E-state index in [1.165, 1.54) is 12.1 Å². The van der Waals surface area contributed by atoms with E-state index in [4.69, 9.17) is 4.74 Å². The molecule has 0 aliphatic heterocycles. The Balaban J connectivity index is 1.63. The smallest absolute Gasteiger partial charge is 0.265 e. The summed E-state index contributed by atoms with van der Waals surface area (Å²) >= 11 is 0. The van der Waals surface area contributed by atoms with E-state index in [9.17, 15) is 13.2 Å². The lowest BCUT2D eigenvalue weighted by Gasteiger charge is -2.16. The summed E-state index contributed by atoms with van der Waals surface area (Å²) in [6, 6.07) is 20.3. The van der Waals surface area contributed by atoms with Gasteiger partial charge in [0.05, 0.1) is 4.90 Å². The number of hydrogen-bond donors (Lipinski definition) is 2. The Kier molecular flexibility index (Phi) is 6.42. The largest absolute Gasteiger partial charge is 0.481 e. The van der Waals surface area contributed by atoms with Crippen LogP contribution in [0.25, 0.3) is 0 Å². The predicted octanol–water partition coefficient (Wildman–Crippen LogP) is 4.51. The summed E-state index contributed by atoms with van der Waals surface area (Å²) in [5, 5.41) is 2.74. The highest BCUT2D eigenvalue weighted by Crippen LogP contribution is 2.20. The summed E-state index contributed by atoms with van der Waals surface area (Å²) in [7, 11) is -3.71. The van der Waals surface area contributed by atoms with Crippen LogP contribution >= 0.6 is 0 Å². The third-order valence-electron chi connectivity index (χ3n) is 4.62. The van der Waals surface area contributed by atoms with E-state index in [0.717, 1.165) is 11.1 Å². The monoisotopic (exact) mass is 424 g/mol. The highest BCUT2D eigenvalue weighted by molar-refractivity contribution is 7.92. The second-order valence-corrected chi connectivity index (χ2v) is 8.67. The lowest BCUT2D eigenvalue weighted by Crippen LogP contribution is -2.30. The van der Waals surface area contributed by atoms with Gasteiger partial charge in [-0.3, -0.25) is 9.52 Å². The van der Waals surface area contributed by atoms with Crippen LogP contribution in [0.2, 0.25) is 0 Å². The first kappa shape index (κ1) is 21.4. The molecule has 156 valence electrons. The number of aryl methyl sites for hydroxylation is 2. The third kappa shape index (κ3) is 5.39. The second kappa shape index (κ2) is 9.00. The van der Waals surface area contributed by atoms with Crippen molar-refractivity contribution in [2.45, 2.75) is 31.8 Å². The van der Waals surface area contributed by atoms with E-state index in [-0.39, 0.29) is 10.8 Å². The molecule has 1 amide bonds. The van der Waals surface area contributed by atoms with Crippen LogP contribution in [0.4, 0.5) is 11.4 Å². The van der Waals surface area contributed by atoms with Crippen LogP contribution in [0.15, 0.2) is 77.7 Å². The normalized spacial score (nSPS) is 12.1. The SMILES string of the molecule is Cc1ccc(O[C@@H](C)C(=O)Nc2ccc(S(=O)(=O)Nc3ccccc3)cc2)cc1C. The lowest BCUT2D eigenvalue weighted by atomic mass is 10.1. The number of para-hydroxylation sites is 1. The molecule has 3 aromatic carbocycles. The number of carbonyl (C=O) groups excluding carboxylic acids is 1. The molecule has 2 N–H and O–H groups in total. The van der Waals surface area contributed by atoms with Gasteiger partial charge in [0.25, 0.3) is 15.9 Å². The quantitative estimate of drug-likeness (QED) is 0.584. The molecule has 0 bridgehead atoms.